The van der Waals surface area contributed by atoms with Crippen molar-refractivity contribution >= 4 is 33.2 Å². The lowest BCUT2D eigenvalue weighted by Crippen LogP contribution is -2.30. The number of hydrogen-bond donors (Lipinski definition) is 1. The van der Waals surface area contributed by atoms with Crippen molar-refractivity contribution in [2.24, 2.45) is 7.05 Å². The molecule has 0 aliphatic carbocycles. The highest BCUT2D eigenvalue weighted by atomic mass is 32.2. The van der Waals surface area contributed by atoms with Gasteiger partial charge in [0.1, 0.15) is 11.6 Å². The molecule has 0 atom stereocenters. The van der Waals surface area contributed by atoms with Gasteiger partial charge in [-0.05, 0) is 43.7 Å². The number of unbranched alkanes of at least 4 members (excludes halogenated alkanes) is 1. The number of aryl methyl sites for hydroxylation is 2. The third-order valence-electron chi connectivity index (χ3n) is 4.48. The van der Waals surface area contributed by atoms with E-state index >= 15 is 0 Å². The van der Waals surface area contributed by atoms with Crippen molar-refractivity contribution in [1.82, 2.24) is 19.1 Å². The lowest BCUT2D eigenvalue weighted by atomic mass is 10.2. The summed E-state index contributed by atoms with van der Waals surface area (Å²) < 4.78 is 47.1. The lowest BCUT2D eigenvalue weighted by molar-refractivity contribution is -0.114. The minimum absolute atomic E-state index is 0.00991. The highest BCUT2D eigenvalue weighted by Crippen LogP contribution is 2.26. The number of hydrogen-bond acceptors (Lipinski definition) is 5. The summed E-state index contributed by atoms with van der Waals surface area (Å²) in [5, 5.41) is 5.11. The van der Waals surface area contributed by atoms with Crippen molar-refractivity contribution in [3.8, 4) is 5.82 Å². The van der Waals surface area contributed by atoms with Gasteiger partial charge in [-0.2, -0.15) is 13.5 Å². The zero-order valence-electron chi connectivity index (χ0n) is 16.9. The molecule has 0 saturated carbocycles. The van der Waals surface area contributed by atoms with E-state index in [9.17, 15) is 17.6 Å². The Morgan fingerprint density at radius 3 is 2.83 bits per heavy atom. The molecule has 0 radical (unpaired) electrons. The molecule has 0 aliphatic rings. The van der Waals surface area contributed by atoms with Crippen molar-refractivity contribution in [2.75, 3.05) is 6.61 Å². The Morgan fingerprint density at radius 2 is 2.10 bits per heavy atom. The number of carbonyl (C=O) groups excluding carboxylic acids is 1. The number of carbonyl (C=O) groups is 1. The molecule has 2 heterocycles. The van der Waals surface area contributed by atoms with Crippen molar-refractivity contribution in [2.45, 2.75) is 26.7 Å². The average molecular weight is 434 g/mol. The van der Waals surface area contributed by atoms with E-state index < -0.39 is 16.2 Å². The molecule has 0 aliphatic heterocycles. The van der Waals surface area contributed by atoms with Crippen LogP contribution >= 0.6 is 0 Å². The van der Waals surface area contributed by atoms with E-state index in [0.717, 1.165) is 23.4 Å². The minimum Gasteiger partial charge on any atom is -0.301 e. The van der Waals surface area contributed by atoms with Gasteiger partial charge in [-0.1, -0.05) is 13.3 Å². The molecule has 1 N–H and O–H groups in total. The van der Waals surface area contributed by atoms with E-state index in [4.69, 9.17) is 4.18 Å². The Balaban J connectivity index is 1.88. The summed E-state index contributed by atoms with van der Waals surface area (Å²) in [6.45, 7) is 3.68. The van der Waals surface area contributed by atoms with Crippen LogP contribution in [0.15, 0.2) is 36.5 Å². The molecule has 30 heavy (non-hydrogen) atoms. The number of amides is 1. The van der Waals surface area contributed by atoms with E-state index in [1.165, 1.54) is 18.2 Å². The fourth-order valence-corrected chi connectivity index (χ4v) is 3.81. The fourth-order valence-electron chi connectivity index (χ4n) is 3.10. The minimum atomic E-state index is -4.16. The van der Waals surface area contributed by atoms with Gasteiger partial charge in [0.15, 0.2) is 0 Å². The smallest absolute Gasteiger partial charge is 0.301 e. The molecule has 0 saturated heterocycles. The van der Waals surface area contributed by atoms with Gasteiger partial charge in [0.05, 0.1) is 17.8 Å². The summed E-state index contributed by atoms with van der Waals surface area (Å²) in [5.74, 6) is -0.513. The van der Waals surface area contributed by atoms with Crippen LogP contribution in [0.3, 0.4) is 0 Å². The van der Waals surface area contributed by atoms with Crippen LogP contribution in [0.1, 0.15) is 31.0 Å². The first kappa shape index (κ1) is 21.7. The fraction of sp³-hybridized carbons (Fsp3) is 0.300. The average Bonchev–Trinajstić information content (AvgIpc) is 3.18. The van der Waals surface area contributed by atoms with Gasteiger partial charge in [0, 0.05) is 30.3 Å². The second-order valence-corrected chi connectivity index (χ2v) is 8.11. The summed E-state index contributed by atoms with van der Waals surface area (Å²) in [6.07, 6.45) is 5.72. The zero-order valence-corrected chi connectivity index (χ0v) is 17.7. The van der Waals surface area contributed by atoms with Crippen LogP contribution in [0.4, 0.5) is 4.39 Å². The highest BCUT2D eigenvalue weighted by Gasteiger charge is 2.17. The normalized spacial score (nSPS) is 12.1. The van der Waals surface area contributed by atoms with Gasteiger partial charge >= 0.3 is 10.3 Å². The zero-order chi connectivity index (χ0) is 21.9. The third kappa shape index (κ3) is 4.77. The molecular formula is C20H23FN4O4S. The predicted octanol–water partition coefficient (Wildman–Crippen LogP) is 3.00. The van der Waals surface area contributed by atoms with Crippen LogP contribution in [0.5, 0.6) is 0 Å². The maximum absolute atomic E-state index is 13.5. The Hall–Kier alpha value is -2.98. The van der Waals surface area contributed by atoms with E-state index in [0.29, 0.717) is 23.5 Å². The SMILES string of the molecule is CCCCOS(=O)(=O)NC(=O)/C=C/c1c(C)nn(C)c1-n1ccc2cc(F)ccc21. The Morgan fingerprint density at radius 1 is 1.33 bits per heavy atom. The quantitative estimate of drug-likeness (QED) is 0.434. The van der Waals surface area contributed by atoms with Crippen LogP contribution in [0.2, 0.25) is 0 Å². The summed E-state index contributed by atoms with van der Waals surface area (Å²) in [4.78, 5) is 12.1. The Labute approximate surface area is 174 Å². The highest BCUT2D eigenvalue weighted by molar-refractivity contribution is 7.85. The van der Waals surface area contributed by atoms with Gasteiger partial charge in [0.25, 0.3) is 5.91 Å². The van der Waals surface area contributed by atoms with E-state index in [1.807, 2.05) is 16.2 Å². The van der Waals surface area contributed by atoms with Crippen LogP contribution in [0, 0.1) is 12.7 Å². The van der Waals surface area contributed by atoms with Crippen LogP contribution in [0.25, 0.3) is 22.8 Å². The first-order valence-corrected chi connectivity index (χ1v) is 10.8. The molecule has 0 fully saturated rings. The molecule has 0 unspecified atom stereocenters. The van der Waals surface area contributed by atoms with Crippen LogP contribution in [-0.2, 0) is 26.3 Å². The first-order valence-electron chi connectivity index (χ1n) is 9.41. The number of rotatable bonds is 8. The molecule has 3 aromatic rings. The van der Waals surface area contributed by atoms with E-state index in [1.54, 1.807) is 37.0 Å². The predicted molar refractivity (Wildman–Crippen MR) is 112 cm³/mol. The third-order valence-corrected chi connectivity index (χ3v) is 5.41. The van der Waals surface area contributed by atoms with Gasteiger partial charge in [-0.25, -0.2) is 9.11 Å². The molecule has 160 valence electrons. The van der Waals surface area contributed by atoms with Crippen LogP contribution < -0.4 is 4.72 Å². The Kier molecular flexibility index (Phi) is 6.37. The molecule has 3 rings (SSSR count). The number of nitrogens with one attached hydrogen (secondary N) is 1. The molecule has 1 aromatic carbocycles. The van der Waals surface area contributed by atoms with Crippen LogP contribution in [-0.4, -0.2) is 35.3 Å². The van der Waals surface area contributed by atoms with Gasteiger partial charge in [-0.3, -0.25) is 13.7 Å². The number of nitrogens with zero attached hydrogens (tertiary/aromatic N) is 3. The largest absolute Gasteiger partial charge is 0.362 e. The molecule has 2 aromatic heterocycles. The van der Waals surface area contributed by atoms with Crippen molar-refractivity contribution < 1.29 is 21.8 Å². The maximum Gasteiger partial charge on any atom is 0.362 e. The first-order chi connectivity index (χ1) is 14.2. The van der Waals surface area contributed by atoms with Gasteiger partial charge in [0.2, 0.25) is 0 Å². The topological polar surface area (TPSA) is 95.2 Å². The molecular weight excluding hydrogens is 411 g/mol. The molecule has 0 spiro atoms. The molecule has 10 heteroatoms. The van der Waals surface area contributed by atoms with Crippen molar-refractivity contribution in [1.29, 1.82) is 0 Å². The summed E-state index contributed by atoms with van der Waals surface area (Å²) >= 11 is 0. The standard InChI is InChI=1S/C20H23FN4O4S/c1-4-5-12-29-30(27,28)23-19(26)9-7-17-14(2)22-24(3)20(17)25-11-10-15-13-16(21)6-8-18(15)25/h6-11,13H,4-5,12H2,1-3H3,(H,23,26)/b9-7+. The molecule has 0 bridgehead atoms. The van der Waals surface area contributed by atoms with E-state index in [-0.39, 0.29) is 12.4 Å². The Bertz CT molecular complexity index is 1210. The lowest BCUT2D eigenvalue weighted by Gasteiger charge is -2.08. The second-order valence-electron chi connectivity index (χ2n) is 6.76. The summed E-state index contributed by atoms with van der Waals surface area (Å²) in [6, 6.07) is 6.24. The van der Waals surface area contributed by atoms with Crippen molar-refractivity contribution in [3.05, 3.63) is 53.6 Å². The monoisotopic (exact) mass is 434 g/mol. The number of benzene rings is 1. The number of fused-ring (bicyclic) bond motifs is 1. The van der Waals surface area contributed by atoms with Crippen molar-refractivity contribution in [3.63, 3.8) is 0 Å². The number of aromatic nitrogens is 3. The van der Waals surface area contributed by atoms with E-state index in [2.05, 4.69) is 5.10 Å². The summed E-state index contributed by atoms with van der Waals surface area (Å²) in [5.41, 5.74) is 2.03. The number of halogens is 1. The molecule has 8 nitrogen and oxygen atoms in total. The van der Waals surface area contributed by atoms with Gasteiger partial charge in [-0.15, -0.1) is 0 Å². The molecule has 1 amide bonds. The second kappa shape index (κ2) is 8.80. The maximum atomic E-state index is 13.5. The van der Waals surface area contributed by atoms with Gasteiger partial charge < -0.3 is 4.57 Å². The summed E-state index contributed by atoms with van der Waals surface area (Å²) in [7, 11) is -2.41.